The smallest absolute Gasteiger partial charge is 0.145 e. The zero-order valence-corrected chi connectivity index (χ0v) is 12.0. The van der Waals surface area contributed by atoms with Gasteiger partial charge in [0.2, 0.25) is 0 Å². The zero-order chi connectivity index (χ0) is 14.4. The van der Waals surface area contributed by atoms with Gasteiger partial charge in [0.25, 0.3) is 0 Å². The average Bonchev–Trinajstić information content (AvgIpc) is 2.47. The summed E-state index contributed by atoms with van der Waals surface area (Å²) >= 11 is 0. The maximum atomic E-state index is 9.40. The lowest BCUT2D eigenvalue weighted by Gasteiger charge is -2.08. The fourth-order valence-electron chi connectivity index (χ4n) is 1.94. The van der Waals surface area contributed by atoms with Crippen LogP contribution < -0.4 is 4.74 Å². The Kier molecular flexibility index (Phi) is 5.13. The number of unbranched alkanes of at least 4 members (excludes halogenated alkanes) is 1. The molecule has 0 saturated carbocycles. The minimum Gasteiger partial charge on any atom is -0.456 e. The molecule has 1 N–H and O–H groups in total. The molecule has 0 aliphatic carbocycles. The molecule has 1 heterocycles. The highest BCUT2D eigenvalue weighted by molar-refractivity contribution is 5.32. The first kappa shape index (κ1) is 14.5. The lowest BCUT2D eigenvalue weighted by atomic mass is 10.1. The minimum absolute atomic E-state index is 0.554. The standard InChI is InChI=1S/C17H21NO2/c1-3-4-5-14-6-8-15(9-7-14)20-16-10-11-17(13(2)19)18-12-16/h6-13,19H,3-5H2,1-2H3. The predicted octanol–water partition coefficient (Wildman–Crippen LogP) is 4.27. The van der Waals surface area contributed by atoms with Gasteiger partial charge >= 0.3 is 0 Å². The molecule has 0 fully saturated rings. The van der Waals surface area contributed by atoms with Crippen molar-refractivity contribution in [3.8, 4) is 11.5 Å². The molecule has 0 aliphatic rings. The van der Waals surface area contributed by atoms with E-state index in [1.807, 2.05) is 18.2 Å². The van der Waals surface area contributed by atoms with Crippen molar-refractivity contribution >= 4 is 0 Å². The fraction of sp³-hybridized carbons (Fsp3) is 0.353. The Morgan fingerprint density at radius 3 is 2.35 bits per heavy atom. The number of hydrogen-bond donors (Lipinski definition) is 1. The second-order valence-electron chi connectivity index (χ2n) is 4.94. The summed E-state index contributed by atoms with van der Waals surface area (Å²) in [4.78, 5) is 4.16. The van der Waals surface area contributed by atoms with Crippen molar-refractivity contribution in [2.75, 3.05) is 0 Å². The molecule has 0 aliphatic heterocycles. The molecule has 1 atom stereocenters. The van der Waals surface area contributed by atoms with Gasteiger partial charge in [0.15, 0.2) is 0 Å². The largest absolute Gasteiger partial charge is 0.456 e. The third-order valence-electron chi connectivity index (χ3n) is 3.17. The lowest BCUT2D eigenvalue weighted by Crippen LogP contribution is -1.95. The molecule has 0 saturated heterocycles. The van der Waals surface area contributed by atoms with Gasteiger partial charge in [0, 0.05) is 0 Å². The Bertz CT molecular complexity index is 518. The molecule has 0 amide bonds. The first-order valence-electron chi connectivity index (χ1n) is 7.10. The van der Waals surface area contributed by atoms with Crippen molar-refractivity contribution in [2.24, 2.45) is 0 Å². The van der Waals surface area contributed by atoms with Crippen LogP contribution in [0.1, 0.15) is 44.1 Å². The molecule has 1 unspecified atom stereocenters. The van der Waals surface area contributed by atoms with E-state index in [0.717, 1.165) is 12.2 Å². The summed E-state index contributed by atoms with van der Waals surface area (Å²) < 4.78 is 5.73. The Morgan fingerprint density at radius 2 is 1.80 bits per heavy atom. The summed E-state index contributed by atoms with van der Waals surface area (Å²) in [6, 6.07) is 11.8. The first-order chi connectivity index (χ1) is 9.69. The van der Waals surface area contributed by atoms with E-state index in [-0.39, 0.29) is 0 Å². The molecule has 20 heavy (non-hydrogen) atoms. The minimum atomic E-state index is -0.554. The summed E-state index contributed by atoms with van der Waals surface area (Å²) in [5, 5.41) is 9.40. The van der Waals surface area contributed by atoms with Gasteiger partial charge in [-0.3, -0.25) is 4.98 Å². The van der Waals surface area contributed by atoms with Gasteiger partial charge in [-0.2, -0.15) is 0 Å². The van der Waals surface area contributed by atoms with Crippen molar-refractivity contribution in [2.45, 2.75) is 39.2 Å². The Morgan fingerprint density at radius 1 is 1.10 bits per heavy atom. The van der Waals surface area contributed by atoms with Crippen molar-refractivity contribution in [3.05, 3.63) is 53.9 Å². The SMILES string of the molecule is CCCCc1ccc(Oc2ccc(C(C)O)nc2)cc1. The van der Waals surface area contributed by atoms with E-state index in [1.54, 1.807) is 19.2 Å². The van der Waals surface area contributed by atoms with Crippen LogP contribution in [0.4, 0.5) is 0 Å². The summed E-state index contributed by atoms with van der Waals surface area (Å²) in [5.41, 5.74) is 1.98. The molecule has 106 valence electrons. The Hall–Kier alpha value is -1.87. The molecule has 0 spiro atoms. The van der Waals surface area contributed by atoms with Crippen molar-refractivity contribution in [1.82, 2.24) is 4.98 Å². The highest BCUT2D eigenvalue weighted by Gasteiger charge is 2.03. The molecule has 0 bridgehead atoms. The van der Waals surface area contributed by atoms with Gasteiger partial charge in [0.05, 0.1) is 18.0 Å². The van der Waals surface area contributed by atoms with Gasteiger partial charge in [-0.15, -0.1) is 0 Å². The van der Waals surface area contributed by atoms with Crippen LogP contribution in [0.15, 0.2) is 42.6 Å². The molecule has 2 rings (SSSR count). The normalized spacial score (nSPS) is 12.2. The highest BCUT2D eigenvalue weighted by Crippen LogP contribution is 2.22. The summed E-state index contributed by atoms with van der Waals surface area (Å²) in [6.07, 6.45) is 4.61. The fourth-order valence-corrected chi connectivity index (χ4v) is 1.94. The van der Waals surface area contributed by atoms with E-state index in [0.29, 0.717) is 11.4 Å². The van der Waals surface area contributed by atoms with Gasteiger partial charge in [-0.25, -0.2) is 0 Å². The summed E-state index contributed by atoms with van der Waals surface area (Å²) in [5.74, 6) is 1.48. The van der Waals surface area contributed by atoms with E-state index < -0.39 is 6.10 Å². The van der Waals surface area contributed by atoms with E-state index in [9.17, 15) is 5.11 Å². The molecule has 2 aromatic rings. The number of pyridine rings is 1. The number of nitrogens with zero attached hydrogens (tertiary/aromatic N) is 1. The number of ether oxygens (including phenoxy) is 1. The third-order valence-corrected chi connectivity index (χ3v) is 3.17. The molecule has 1 aromatic carbocycles. The van der Waals surface area contributed by atoms with Crippen LogP contribution in [-0.2, 0) is 6.42 Å². The number of benzene rings is 1. The van der Waals surface area contributed by atoms with Crippen LogP contribution in [0.2, 0.25) is 0 Å². The molecule has 3 heteroatoms. The Balaban J connectivity index is 1.98. The number of aliphatic hydroxyl groups excluding tert-OH is 1. The van der Waals surface area contributed by atoms with Crippen molar-refractivity contribution in [1.29, 1.82) is 0 Å². The quantitative estimate of drug-likeness (QED) is 0.853. The number of aryl methyl sites for hydroxylation is 1. The Labute approximate surface area is 120 Å². The van der Waals surface area contributed by atoms with Crippen LogP contribution in [0, 0.1) is 0 Å². The first-order valence-corrected chi connectivity index (χ1v) is 7.10. The predicted molar refractivity (Wildman–Crippen MR) is 80.0 cm³/mol. The maximum absolute atomic E-state index is 9.40. The second kappa shape index (κ2) is 7.06. The van der Waals surface area contributed by atoms with E-state index in [4.69, 9.17) is 4.74 Å². The van der Waals surface area contributed by atoms with Crippen molar-refractivity contribution in [3.63, 3.8) is 0 Å². The molecule has 1 aromatic heterocycles. The van der Waals surface area contributed by atoms with Gasteiger partial charge < -0.3 is 9.84 Å². The van der Waals surface area contributed by atoms with Crippen LogP contribution in [0.5, 0.6) is 11.5 Å². The number of aromatic nitrogens is 1. The zero-order valence-electron chi connectivity index (χ0n) is 12.0. The number of aliphatic hydroxyl groups is 1. The van der Waals surface area contributed by atoms with Crippen molar-refractivity contribution < 1.29 is 9.84 Å². The number of hydrogen-bond acceptors (Lipinski definition) is 3. The van der Waals surface area contributed by atoms with E-state index in [2.05, 4.69) is 24.0 Å². The van der Waals surface area contributed by atoms with Crippen LogP contribution in [-0.4, -0.2) is 10.1 Å². The lowest BCUT2D eigenvalue weighted by molar-refractivity contribution is 0.194. The average molecular weight is 271 g/mol. The van der Waals surface area contributed by atoms with Crippen LogP contribution in [0.3, 0.4) is 0 Å². The molecular weight excluding hydrogens is 250 g/mol. The summed E-state index contributed by atoms with van der Waals surface area (Å²) in [6.45, 7) is 3.89. The van der Waals surface area contributed by atoms with E-state index in [1.165, 1.54) is 18.4 Å². The van der Waals surface area contributed by atoms with Crippen LogP contribution in [0.25, 0.3) is 0 Å². The third kappa shape index (κ3) is 4.07. The molecular formula is C17H21NO2. The van der Waals surface area contributed by atoms with Crippen LogP contribution >= 0.6 is 0 Å². The maximum Gasteiger partial charge on any atom is 0.145 e. The van der Waals surface area contributed by atoms with Gasteiger partial charge in [0.1, 0.15) is 11.5 Å². The van der Waals surface area contributed by atoms with Gasteiger partial charge in [-0.05, 0) is 49.6 Å². The number of rotatable bonds is 6. The highest BCUT2D eigenvalue weighted by atomic mass is 16.5. The summed E-state index contributed by atoms with van der Waals surface area (Å²) in [7, 11) is 0. The second-order valence-corrected chi connectivity index (χ2v) is 4.94. The molecule has 0 radical (unpaired) electrons. The van der Waals surface area contributed by atoms with E-state index >= 15 is 0 Å². The molecule has 3 nitrogen and oxygen atoms in total. The topological polar surface area (TPSA) is 42.4 Å². The van der Waals surface area contributed by atoms with Gasteiger partial charge in [-0.1, -0.05) is 25.5 Å². The monoisotopic (exact) mass is 271 g/mol.